The molecule has 1 heterocycles. The molecule has 1 aromatic carbocycles. The zero-order chi connectivity index (χ0) is 14.4. The average molecular weight is 298 g/mol. The van der Waals surface area contributed by atoms with Crippen molar-refractivity contribution in [3.8, 4) is 0 Å². The van der Waals surface area contributed by atoms with E-state index < -0.39 is 10.0 Å². The summed E-state index contributed by atoms with van der Waals surface area (Å²) in [5, 5.41) is 3.14. The van der Waals surface area contributed by atoms with Gasteiger partial charge in [0.1, 0.15) is 0 Å². The molecule has 1 aliphatic rings. The lowest BCUT2D eigenvalue weighted by Crippen LogP contribution is -2.33. The number of benzene rings is 1. The van der Waals surface area contributed by atoms with Crippen LogP contribution >= 0.6 is 0 Å². The first kappa shape index (κ1) is 15.3. The summed E-state index contributed by atoms with van der Waals surface area (Å²) in [5.41, 5.74) is 0.923. The van der Waals surface area contributed by atoms with Gasteiger partial charge in [0.15, 0.2) is 0 Å². The minimum Gasteiger partial charge on any atom is -0.385 e. The molecule has 5 nitrogen and oxygen atoms in total. The second-order valence-electron chi connectivity index (χ2n) is 4.99. The van der Waals surface area contributed by atoms with Crippen LogP contribution in [0.5, 0.6) is 0 Å². The van der Waals surface area contributed by atoms with Gasteiger partial charge < -0.3 is 10.1 Å². The third-order valence-electron chi connectivity index (χ3n) is 3.36. The van der Waals surface area contributed by atoms with Crippen LogP contribution in [0.2, 0.25) is 0 Å². The van der Waals surface area contributed by atoms with Crippen LogP contribution < -0.4 is 10.0 Å². The van der Waals surface area contributed by atoms with Crippen molar-refractivity contribution in [2.75, 3.05) is 31.6 Å². The van der Waals surface area contributed by atoms with Gasteiger partial charge in [0.25, 0.3) is 0 Å². The van der Waals surface area contributed by atoms with E-state index in [2.05, 4.69) is 10.0 Å². The van der Waals surface area contributed by atoms with Gasteiger partial charge in [-0.2, -0.15) is 0 Å². The third kappa shape index (κ3) is 4.19. The highest BCUT2D eigenvalue weighted by molar-refractivity contribution is 7.89. The molecule has 0 saturated carbocycles. The van der Waals surface area contributed by atoms with Crippen LogP contribution in [0.1, 0.15) is 19.8 Å². The summed E-state index contributed by atoms with van der Waals surface area (Å²) < 4.78 is 32.4. The molecular weight excluding hydrogens is 276 g/mol. The summed E-state index contributed by atoms with van der Waals surface area (Å²) in [6.07, 6.45) is 2.02. The Labute approximate surface area is 120 Å². The summed E-state index contributed by atoms with van der Waals surface area (Å²) >= 11 is 0. The highest BCUT2D eigenvalue weighted by Gasteiger charge is 2.19. The highest BCUT2D eigenvalue weighted by Crippen LogP contribution is 2.16. The lowest BCUT2D eigenvalue weighted by atomic mass is 10.0. The highest BCUT2D eigenvalue weighted by atomic mass is 32.2. The summed E-state index contributed by atoms with van der Waals surface area (Å²) in [4.78, 5) is 0.302. The van der Waals surface area contributed by atoms with Gasteiger partial charge in [0.2, 0.25) is 10.0 Å². The van der Waals surface area contributed by atoms with Crippen molar-refractivity contribution in [2.45, 2.75) is 24.7 Å². The monoisotopic (exact) mass is 298 g/mol. The molecule has 0 radical (unpaired) electrons. The maximum atomic E-state index is 12.2. The lowest BCUT2D eigenvalue weighted by Gasteiger charge is -2.22. The molecular formula is C14H22N2O3S. The number of anilines is 1. The topological polar surface area (TPSA) is 67.4 Å². The van der Waals surface area contributed by atoms with Gasteiger partial charge >= 0.3 is 0 Å². The molecule has 20 heavy (non-hydrogen) atoms. The fourth-order valence-electron chi connectivity index (χ4n) is 2.24. The molecule has 0 amide bonds. The van der Waals surface area contributed by atoms with Crippen molar-refractivity contribution in [3.05, 3.63) is 24.3 Å². The van der Waals surface area contributed by atoms with Gasteiger partial charge in [-0.05, 0) is 49.9 Å². The Morgan fingerprint density at radius 3 is 2.65 bits per heavy atom. The van der Waals surface area contributed by atoms with E-state index in [0.717, 1.165) is 31.7 Å². The second-order valence-corrected chi connectivity index (χ2v) is 6.76. The molecule has 0 bridgehead atoms. The van der Waals surface area contributed by atoms with Gasteiger partial charge in [-0.25, -0.2) is 13.1 Å². The molecule has 1 saturated heterocycles. The summed E-state index contributed by atoms with van der Waals surface area (Å²) in [5.74, 6) is 0.277. The van der Waals surface area contributed by atoms with Crippen LogP contribution in [0, 0.1) is 5.92 Å². The van der Waals surface area contributed by atoms with Gasteiger partial charge in [-0.15, -0.1) is 0 Å². The first-order valence-corrected chi connectivity index (χ1v) is 8.51. The van der Waals surface area contributed by atoms with Gasteiger partial charge in [-0.3, -0.25) is 0 Å². The molecule has 1 fully saturated rings. The molecule has 1 unspecified atom stereocenters. The normalized spacial score (nSPS) is 19.8. The summed E-state index contributed by atoms with van der Waals surface area (Å²) in [7, 11) is -3.42. The smallest absolute Gasteiger partial charge is 0.240 e. The van der Waals surface area contributed by atoms with E-state index in [9.17, 15) is 8.42 Å². The van der Waals surface area contributed by atoms with E-state index in [0.29, 0.717) is 18.0 Å². The van der Waals surface area contributed by atoms with E-state index in [1.807, 2.05) is 6.92 Å². The Kier molecular flexibility index (Phi) is 5.39. The van der Waals surface area contributed by atoms with Crippen LogP contribution in [0.25, 0.3) is 0 Å². The first-order valence-electron chi connectivity index (χ1n) is 7.03. The number of sulfonamides is 1. The van der Waals surface area contributed by atoms with E-state index in [1.54, 1.807) is 24.3 Å². The van der Waals surface area contributed by atoms with Crippen molar-refractivity contribution in [3.63, 3.8) is 0 Å². The van der Waals surface area contributed by atoms with Crippen LogP contribution in [0.4, 0.5) is 5.69 Å². The SMILES string of the molecule is CCNc1ccc(S(=O)(=O)NCC2CCCOC2)cc1. The Morgan fingerprint density at radius 2 is 2.05 bits per heavy atom. The van der Waals surface area contributed by atoms with Crippen molar-refractivity contribution < 1.29 is 13.2 Å². The lowest BCUT2D eigenvalue weighted by molar-refractivity contribution is 0.0568. The predicted octanol–water partition coefficient (Wildman–Crippen LogP) is 1.82. The van der Waals surface area contributed by atoms with Gasteiger partial charge in [0, 0.05) is 25.4 Å². The number of hydrogen-bond donors (Lipinski definition) is 2. The number of hydrogen-bond acceptors (Lipinski definition) is 4. The molecule has 2 N–H and O–H groups in total. The zero-order valence-electron chi connectivity index (χ0n) is 11.8. The molecule has 1 aliphatic heterocycles. The van der Waals surface area contributed by atoms with E-state index in [1.165, 1.54) is 0 Å². The number of rotatable bonds is 6. The fraction of sp³-hybridized carbons (Fsp3) is 0.571. The largest absolute Gasteiger partial charge is 0.385 e. The first-order chi connectivity index (χ1) is 9.62. The van der Waals surface area contributed by atoms with Crippen molar-refractivity contribution in [1.82, 2.24) is 4.72 Å². The fourth-order valence-corrected chi connectivity index (χ4v) is 3.35. The molecule has 1 aromatic rings. The van der Waals surface area contributed by atoms with Crippen LogP contribution in [-0.2, 0) is 14.8 Å². The Hall–Kier alpha value is -1.11. The predicted molar refractivity (Wildman–Crippen MR) is 79.3 cm³/mol. The van der Waals surface area contributed by atoms with Gasteiger partial charge in [0.05, 0.1) is 11.5 Å². The Morgan fingerprint density at radius 1 is 1.30 bits per heavy atom. The van der Waals surface area contributed by atoms with Crippen molar-refractivity contribution in [1.29, 1.82) is 0 Å². The molecule has 112 valence electrons. The van der Waals surface area contributed by atoms with Crippen molar-refractivity contribution >= 4 is 15.7 Å². The Bertz CT molecular complexity index is 508. The maximum absolute atomic E-state index is 12.2. The van der Waals surface area contributed by atoms with E-state index in [4.69, 9.17) is 4.74 Å². The second kappa shape index (κ2) is 7.06. The molecule has 0 spiro atoms. The van der Waals surface area contributed by atoms with Crippen molar-refractivity contribution in [2.24, 2.45) is 5.92 Å². The Balaban J connectivity index is 1.94. The maximum Gasteiger partial charge on any atom is 0.240 e. The van der Waals surface area contributed by atoms with Gasteiger partial charge in [-0.1, -0.05) is 0 Å². The molecule has 0 aliphatic carbocycles. The quantitative estimate of drug-likeness (QED) is 0.841. The molecule has 6 heteroatoms. The van der Waals surface area contributed by atoms with E-state index >= 15 is 0 Å². The minimum absolute atomic E-state index is 0.277. The van der Waals surface area contributed by atoms with Crippen LogP contribution in [-0.4, -0.2) is 34.7 Å². The summed E-state index contributed by atoms with van der Waals surface area (Å²) in [6.45, 7) is 4.68. The average Bonchev–Trinajstić information content (AvgIpc) is 2.47. The van der Waals surface area contributed by atoms with E-state index in [-0.39, 0.29) is 5.92 Å². The van der Waals surface area contributed by atoms with Crippen LogP contribution in [0.3, 0.4) is 0 Å². The zero-order valence-corrected chi connectivity index (χ0v) is 12.6. The van der Waals surface area contributed by atoms with Crippen LogP contribution in [0.15, 0.2) is 29.2 Å². The number of ether oxygens (including phenoxy) is 1. The minimum atomic E-state index is -3.42. The summed E-state index contributed by atoms with van der Waals surface area (Å²) in [6, 6.07) is 6.80. The standard InChI is InChI=1S/C14H22N2O3S/c1-2-15-13-5-7-14(8-6-13)20(17,18)16-10-12-4-3-9-19-11-12/h5-8,12,15-16H,2-4,9-11H2,1H3. The number of nitrogens with one attached hydrogen (secondary N) is 2. The molecule has 1 atom stereocenters. The molecule has 2 rings (SSSR count). The molecule has 0 aromatic heterocycles. The third-order valence-corrected chi connectivity index (χ3v) is 4.80.